The van der Waals surface area contributed by atoms with Gasteiger partial charge in [0.05, 0.1) is 0 Å². The largest absolute Gasteiger partial charge is 0.101 e. The molecule has 0 heteroatoms. The summed E-state index contributed by atoms with van der Waals surface area (Å²) < 4.78 is 0. The average molecular weight is 268 g/mol. The zero-order chi connectivity index (χ0) is 14.2. The zero-order valence-corrected chi connectivity index (χ0v) is 13.1. The topological polar surface area (TPSA) is 0 Å². The van der Waals surface area contributed by atoms with Crippen molar-refractivity contribution in [3.63, 3.8) is 0 Å². The van der Waals surface area contributed by atoms with Crippen molar-refractivity contribution in [2.24, 2.45) is 5.92 Å². The van der Waals surface area contributed by atoms with Gasteiger partial charge in [-0.3, -0.25) is 0 Å². The first-order chi connectivity index (χ1) is 9.83. The molecule has 1 fully saturated rings. The molecule has 1 aliphatic carbocycles. The molecule has 0 nitrogen and oxygen atoms in total. The molecule has 108 valence electrons. The van der Waals surface area contributed by atoms with Crippen LogP contribution in [0.1, 0.15) is 82.3 Å². The number of hydrogen-bond donors (Lipinski definition) is 0. The third-order valence-electron chi connectivity index (χ3n) is 4.71. The molecule has 1 aromatic rings. The van der Waals surface area contributed by atoms with Crippen molar-refractivity contribution in [3.05, 3.63) is 35.4 Å². The predicted molar refractivity (Wildman–Crippen MR) is 87.8 cm³/mol. The van der Waals surface area contributed by atoms with Crippen LogP contribution in [0.2, 0.25) is 0 Å². The quantitative estimate of drug-likeness (QED) is 0.460. The molecule has 20 heavy (non-hydrogen) atoms. The lowest BCUT2D eigenvalue weighted by atomic mass is 9.77. The predicted octanol–water partition coefficient (Wildman–Crippen LogP) is 5.91. The maximum Gasteiger partial charge on any atom is 0.0245 e. The number of rotatable bonds is 5. The second kappa shape index (κ2) is 8.15. The van der Waals surface area contributed by atoms with Crippen LogP contribution < -0.4 is 0 Å². The van der Waals surface area contributed by atoms with Gasteiger partial charge in [-0.2, -0.15) is 0 Å². The van der Waals surface area contributed by atoms with Crippen molar-refractivity contribution in [2.75, 3.05) is 0 Å². The van der Waals surface area contributed by atoms with Crippen LogP contribution in [-0.2, 0) is 0 Å². The van der Waals surface area contributed by atoms with E-state index in [0.29, 0.717) is 0 Å². The maximum absolute atomic E-state index is 3.12. The highest BCUT2D eigenvalue weighted by Crippen LogP contribution is 2.37. The Morgan fingerprint density at radius 3 is 2.30 bits per heavy atom. The van der Waals surface area contributed by atoms with Gasteiger partial charge in [-0.05, 0) is 62.1 Å². The van der Waals surface area contributed by atoms with Gasteiger partial charge in [0.2, 0.25) is 0 Å². The Morgan fingerprint density at radius 2 is 1.70 bits per heavy atom. The van der Waals surface area contributed by atoms with E-state index in [0.717, 1.165) is 17.4 Å². The van der Waals surface area contributed by atoms with Crippen LogP contribution in [0.25, 0.3) is 0 Å². The van der Waals surface area contributed by atoms with Crippen molar-refractivity contribution in [1.29, 1.82) is 0 Å². The highest BCUT2D eigenvalue weighted by Gasteiger charge is 2.21. The normalized spacial score (nSPS) is 22.1. The van der Waals surface area contributed by atoms with E-state index in [2.05, 4.69) is 43.0 Å². The van der Waals surface area contributed by atoms with Gasteiger partial charge in [0.15, 0.2) is 0 Å². The molecule has 0 radical (unpaired) electrons. The minimum absolute atomic E-state index is 0.793. The molecule has 0 heterocycles. The third-order valence-corrected chi connectivity index (χ3v) is 4.71. The summed E-state index contributed by atoms with van der Waals surface area (Å²) in [4.78, 5) is 0. The first kappa shape index (κ1) is 15.2. The van der Waals surface area contributed by atoms with Gasteiger partial charge < -0.3 is 0 Å². The number of benzene rings is 1. The molecule has 0 aliphatic heterocycles. The highest BCUT2D eigenvalue weighted by atomic mass is 14.3. The van der Waals surface area contributed by atoms with Crippen LogP contribution in [0.3, 0.4) is 0 Å². The Balaban J connectivity index is 1.82. The number of hydrogen-bond acceptors (Lipinski definition) is 0. The van der Waals surface area contributed by atoms with Crippen molar-refractivity contribution in [2.45, 2.75) is 71.1 Å². The first-order valence-electron chi connectivity index (χ1n) is 8.36. The average Bonchev–Trinajstić information content (AvgIpc) is 2.49. The van der Waals surface area contributed by atoms with Crippen LogP contribution in [0.5, 0.6) is 0 Å². The summed E-state index contributed by atoms with van der Waals surface area (Å²) in [6.45, 7) is 4.19. The molecule has 0 spiro atoms. The number of unbranched alkanes of at least 4 members (excludes halogenated alkanes) is 2. The summed E-state index contributed by atoms with van der Waals surface area (Å²) >= 11 is 0. The van der Waals surface area contributed by atoms with Gasteiger partial charge in [-0.1, -0.05) is 50.7 Å². The maximum atomic E-state index is 3.12. The molecule has 1 saturated carbocycles. The summed E-state index contributed by atoms with van der Waals surface area (Å²) in [5, 5.41) is 0. The Hall–Kier alpha value is -1.22. The van der Waals surface area contributed by atoms with Gasteiger partial charge in [0, 0.05) is 5.56 Å². The van der Waals surface area contributed by atoms with Gasteiger partial charge in [0.1, 0.15) is 0 Å². The van der Waals surface area contributed by atoms with Crippen LogP contribution >= 0.6 is 0 Å². The van der Waals surface area contributed by atoms with Gasteiger partial charge in [0.25, 0.3) is 0 Å². The Bertz CT molecular complexity index is 435. The molecule has 0 saturated heterocycles. The lowest BCUT2D eigenvalue weighted by Gasteiger charge is -2.29. The summed E-state index contributed by atoms with van der Waals surface area (Å²) in [5.74, 6) is 7.88. The fourth-order valence-electron chi connectivity index (χ4n) is 3.45. The van der Waals surface area contributed by atoms with E-state index in [9.17, 15) is 0 Å². The SMILES string of the molecule is CC#Cc1ccc([C@H]2CC[C@H](CCCCC)CC2)cc1. The van der Waals surface area contributed by atoms with E-state index < -0.39 is 0 Å². The Morgan fingerprint density at radius 1 is 1.00 bits per heavy atom. The van der Waals surface area contributed by atoms with Crippen molar-refractivity contribution in [3.8, 4) is 11.8 Å². The second-order valence-corrected chi connectivity index (χ2v) is 6.21. The van der Waals surface area contributed by atoms with E-state index in [1.165, 1.54) is 56.9 Å². The summed E-state index contributed by atoms with van der Waals surface area (Å²) in [5.41, 5.74) is 2.67. The van der Waals surface area contributed by atoms with E-state index in [1.54, 1.807) is 0 Å². The summed E-state index contributed by atoms with van der Waals surface area (Å²) in [6, 6.07) is 8.95. The molecule has 2 rings (SSSR count). The van der Waals surface area contributed by atoms with Gasteiger partial charge in [-0.15, -0.1) is 5.92 Å². The van der Waals surface area contributed by atoms with E-state index in [-0.39, 0.29) is 0 Å². The fourth-order valence-corrected chi connectivity index (χ4v) is 3.45. The molecule has 0 aromatic heterocycles. The molecule has 0 N–H and O–H groups in total. The van der Waals surface area contributed by atoms with E-state index in [4.69, 9.17) is 0 Å². The van der Waals surface area contributed by atoms with Crippen LogP contribution in [0.4, 0.5) is 0 Å². The summed E-state index contributed by atoms with van der Waals surface area (Å²) in [6.07, 6.45) is 11.3. The second-order valence-electron chi connectivity index (χ2n) is 6.21. The highest BCUT2D eigenvalue weighted by molar-refractivity contribution is 5.36. The van der Waals surface area contributed by atoms with Crippen LogP contribution in [-0.4, -0.2) is 0 Å². The smallest absolute Gasteiger partial charge is 0.0245 e. The molecule has 0 bridgehead atoms. The first-order valence-corrected chi connectivity index (χ1v) is 8.36. The lowest BCUT2D eigenvalue weighted by molar-refractivity contribution is 0.303. The van der Waals surface area contributed by atoms with Crippen molar-refractivity contribution < 1.29 is 0 Å². The molecule has 0 amide bonds. The lowest BCUT2D eigenvalue weighted by Crippen LogP contribution is -2.13. The standard InChI is InChI=1S/C20H28/c1-3-5-6-8-18-11-15-20(16-12-18)19-13-9-17(7-4-2)10-14-19/h9-10,13-14,18,20H,3,5-6,8,11-12,15-16H2,1-2H3/t18-,20-. The molecular formula is C20H28. The summed E-state index contributed by atoms with van der Waals surface area (Å²) in [7, 11) is 0. The monoisotopic (exact) mass is 268 g/mol. The molecule has 0 atom stereocenters. The molecular weight excluding hydrogens is 240 g/mol. The van der Waals surface area contributed by atoms with Gasteiger partial charge >= 0.3 is 0 Å². The van der Waals surface area contributed by atoms with Crippen LogP contribution in [0.15, 0.2) is 24.3 Å². The fraction of sp³-hybridized carbons (Fsp3) is 0.600. The van der Waals surface area contributed by atoms with Gasteiger partial charge in [-0.25, -0.2) is 0 Å². The molecule has 1 aromatic carbocycles. The van der Waals surface area contributed by atoms with Crippen molar-refractivity contribution >= 4 is 0 Å². The Labute approximate surface area is 125 Å². The van der Waals surface area contributed by atoms with E-state index in [1.807, 2.05) is 6.92 Å². The zero-order valence-electron chi connectivity index (χ0n) is 13.1. The van der Waals surface area contributed by atoms with Crippen molar-refractivity contribution in [1.82, 2.24) is 0 Å². The Kier molecular flexibility index (Phi) is 6.19. The minimum atomic E-state index is 0.793. The molecule has 0 unspecified atom stereocenters. The third kappa shape index (κ3) is 4.41. The molecule has 1 aliphatic rings. The minimum Gasteiger partial charge on any atom is -0.101 e. The van der Waals surface area contributed by atoms with E-state index >= 15 is 0 Å². The van der Waals surface area contributed by atoms with Crippen LogP contribution in [0, 0.1) is 17.8 Å².